The third-order valence-electron chi connectivity index (χ3n) is 5.95. The summed E-state index contributed by atoms with van der Waals surface area (Å²) in [6.45, 7) is 0.311. The second-order valence-corrected chi connectivity index (χ2v) is 9.68. The molecule has 1 fully saturated rings. The summed E-state index contributed by atoms with van der Waals surface area (Å²) in [5, 5.41) is 4.70. The van der Waals surface area contributed by atoms with Gasteiger partial charge in [-0.1, -0.05) is 36.4 Å². The second kappa shape index (κ2) is 10.7. The number of carbonyl (C=O) groups is 2. The van der Waals surface area contributed by atoms with E-state index in [1.54, 1.807) is 12.1 Å². The van der Waals surface area contributed by atoms with E-state index in [1.165, 1.54) is 37.5 Å². The minimum atomic E-state index is -0.634. The molecule has 190 valence electrons. The Morgan fingerprint density at radius 3 is 2.47 bits per heavy atom. The maximum atomic E-state index is 13.4. The number of halogens is 2. The third kappa shape index (κ3) is 5.16. The zero-order valence-corrected chi connectivity index (χ0v) is 22.4. The van der Waals surface area contributed by atoms with Gasteiger partial charge in [-0.2, -0.15) is 0 Å². The molecule has 5 rings (SSSR count). The number of rotatable bonds is 6. The molecule has 0 aromatic heterocycles. The molecule has 0 spiro atoms. The van der Waals surface area contributed by atoms with Crippen LogP contribution in [0.4, 0.5) is 10.1 Å². The van der Waals surface area contributed by atoms with Crippen LogP contribution in [0, 0.1) is 5.82 Å². The van der Waals surface area contributed by atoms with Crippen molar-refractivity contribution in [3.8, 4) is 11.5 Å². The average Bonchev–Trinajstić information content (AvgIpc) is 2.91. The maximum absolute atomic E-state index is 13.4. The van der Waals surface area contributed by atoms with Crippen molar-refractivity contribution in [1.29, 1.82) is 0 Å². The molecule has 1 aliphatic heterocycles. The normalized spacial score (nSPS) is 14.7. The van der Waals surface area contributed by atoms with Crippen LogP contribution in [0.2, 0.25) is 0 Å². The second-order valence-electron chi connectivity index (χ2n) is 8.44. The van der Waals surface area contributed by atoms with Crippen molar-refractivity contribution in [3.05, 3.63) is 106 Å². The van der Waals surface area contributed by atoms with Crippen LogP contribution in [0.15, 0.2) is 88.9 Å². The predicted molar refractivity (Wildman–Crippen MR) is 152 cm³/mol. The van der Waals surface area contributed by atoms with E-state index in [4.69, 9.17) is 21.7 Å². The van der Waals surface area contributed by atoms with Crippen molar-refractivity contribution in [1.82, 2.24) is 5.32 Å². The lowest BCUT2D eigenvalue weighted by molar-refractivity contribution is -0.122. The highest BCUT2D eigenvalue weighted by molar-refractivity contribution is 9.10. The monoisotopic (exact) mass is 590 g/mol. The summed E-state index contributed by atoms with van der Waals surface area (Å²) >= 11 is 8.72. The first-order valence-corrected chi connectivity index (χ1v) is 12.7. The number of anilines is 1. The molecule has 1 aliphatic rings. The standard InChI is InChI=1S/C29H20BrFN2O4S/c1-36-25-15-18(13-23-27(34)32-29(38)33(28(23)35)22-10-8-21(31)9-11-22)14-24(30)26(25)37-16-17-6-7-19-4-2-3-5-20(19)12-17/h2-15H,16H2,1H3,(H,32,34,38)/b23-13-. The van der Waals surface area contributed by atoms with Crippen LogP contribution in [-0.2, 0) is 16.2 Å². The zero-order chi connectivity index (χ0) is 26.8. The summed E-state index contributed by atoms with van der Waals surface area (Å²) in [6.07, 6.45) is 1.44. The molecule has 6 nitrogen and oxygen atoms in total. The Balaban J connectivity index is 1.42. The first-order chi connectivity index (χ1) is 18.3. The smallest absolute Gasteiger partial charge is 0.270 e. The third-order valence-corrected chi connectivity index (χ3v) is 6.82. The molecular formula is C29H20BrFN2O4S. The highest BCUT2D eigenvalue weighted by Gasteiger charge is 2.34. The Bertz CT molecular complexity index is 1620. The van der Waals surface area contributed by atoms with Crippen molar-refractivity contribution in [2.75, 3.05) is 12.0 Å². The van der Waals surface area contributed by atoms with E-state index in [9.17, 15) is 14.0 Å². The largest absolute Gasteiger partial charge is 0.493 e. The minimum Gasteiger partial charge on any atom is -0.493 e. The van der Waals surface area contributed by atoms with Crippen molar-refractivity contribution in [3.63, 3.8) is 0 Å². The number of hydrogen-bond acceptors (Lipinski definition) is 5. The quantitative estimate of drug-likeness (QED) is 0.165. The zero-order valence-electron chi connectivity index (χ0n) is 20.0. The van der Waals surface area contributed by atoms with Crippen LogP contribution >= 0.6 is 28.1 Å². The number of nitrogens with one attached hydrogen (secondary N) is 1. The Kier molecular flexibility index (Phi) is 7.22. The number of methoxy groups -OCH3 is 1. The number of amides is 2. The van der Waals surface area contributed by atoms with E-state index in [-0.39, 0.29) is 10.7 Å². The first-order valence-electron chi connectivity index (χ1n) is 11.5. The van der Waals surface area contributed by atoms with Gasteiger partial charge in [-0.15, -0.1) is 0 Å². The van der Waals surface area contributed by atoms with Crippen LogP contribution in [0.3, 0.4) is 0 Å². The summed E-state index contributed by atoms with van der Waals surface area (Å²) < 4.78 is 25.6. The van der Waals surface area contributed by atoms with E-state index < -0.39 is 17.6 Å². The molecule has 0 aliphatic carbocycles. The summed E-state index contributed by atoms with van der Waals surface area (Å²) in [5.41, 5.74) is 1.72. The lowest BCUT2D eigenvalue weighted by Crippen LogP contribution is -2.54. The summed E-state index contributed by atoms with van der Waals surface area (Å²) in [6, 6.07) is 22.8. The van der Waals surface area contributed by atoms with Crippen molar-refractivity contribution in [2.45, 2.75) is 6.61 Å². The van der Waals surface area contributed by atoms with Gasteiger partial charge in [-0.25, -0.2) is 4.39 Å². The van der Waals surface area contributed by atoms with Gasteiger partial charge in [-0.3, -0.25) is 19.8 Å². The van der Waals surface area contributed by atoms with Crippen LogP contribution < -0.4 is 19.7 Å². The molecule has 4 aromatic rings. The number of hydrogen-bond donors (Lipinski definition) is 1. The van der Waals surface area contributed by atoms with E-state index in [2.05, 4.69) is 33.4 Å². The maximum Gasteiger partial charge on any atom is 0.270 e. The van der Waals surface area contributed by atoms with Crippen molar-refractivity contribution < 1.29 is 23.5 Å². The van der Waals surface area contributed by atoms with Gasteiger partial charge >= 0.3 is 0 Å². The van der Waals surface area contributed by atoms with Gasteiger partial charge in [-0.05, 0) is 98.6 Å². The lowest BCUT2D eigenvalue weighted by Gasteiger charge is -2.29. The first kappa shape index (κ1) is 25.6. The van der Waals surface area contributed by atoms with Crippen molar-refractivity contribution >= 4 is 67.6 Å². The van der Waals surface area contributed by atoms with Crippen LogP contribution in [0.25, 0.3) is 16.8 Å². The van der Waals surface area contributed by atoms with Gasteiger partial charge in [0.25, 0.3) is 11.8 Å². The number of thiocarbonyl (C=S) groups is 1. The molecule has 2 amide bonds. The van der Waals surface area contributed by atoms with Gasteiger partial charge in [0.15, 0.2) is 16.6 Å². The van der Waals surface area contributed by atoms with Crippen LogP contribution in [0.1, 0.15) is 11.1 Å². The summed E-state index contributed by atoms with van der Waals surface area (Å²) in [4.78, 5) is 27.1. The average molecular weight is 591 g/mol. The topological polar surface area (TPSA) is 67.9 Å². The Labute approximate surface area is 231 Å². The fourth-order valence-corrected chi connectivity index (χ4v) is 4.95. The fourth-order valence-electron chi connectivity index (χ4n) is 4.10. The SMILES string of the molecule is COc1cc(/C=C2/C(=O)NC(=S)N(c3ccc(F)cc3)C2=O)cc(Br)c1OCc1ccc2ccccc2c1. The number of nitrogens with zero attached hydrogens (tertiary/aromatic N) is 1. The van der Waals surface area contributed by atoms with Crippen LogP contribution in [0.5, 0.6) is 11.5 Å². The highest BCUT2D eigenvalue weighted by atomic mass is 79.9. The van der Waals surface area contributed by atoms with E-state index in [0.29, 0.717) is 33.8 Å². The number of benzene rings is 4. The Morgan fingerprint density at radius 2 is 1.74 bits per heavy atom. The molecule has 0 atom stereocenters. The summed E-state index contributed by atoms with van der Waals surface area (Å²) in [5.74, 6) is -0.816. The van der Waals surface area contributed by atoms with Gasteiger partial charge in [0, 0.05) is 0 Å². The van der Waals surface area contributed by atoms with Crippen molar-refractivity contribution in [2.24, 2.45) is 0 Å². The molecule has 0 unspecified atom stereocenters. The molecule has 1 saturated heterocycles. The molecule has 1 heterocycles. The molecule has 4 aromatic carbocycles. The van der Waals surface area contributed by atoms with Gasteiger partial charge in [0.1, 0.15) is 18.0 Å². The molecule has 9 heteroatoms. The van der Waals surface area contributed by atoms with Gasteiger partial charge < -0.3 is 9.47 Å². The molecule has 1 N–H and O–H groups in total. The molecule has 38 heavy (non-hydrogen) atoms. The van der Waals surface area contributed by atoms with E-state index in [0.717, 1.165) is 21.2 Å². The number of ether oxygens (including phenoxy) is 2. The number of fused-ring (bicyclic) bond motifs is 1. The molecule has 0 radical (unpaired) electrons. The Morgan fingerprint density at radius 1 is 1.00 bits per heavy atom. The van der Waals surface area contributed by atoms with Crippen LogP contribution in [-0.4, -0.2) is 24.0 Å². The predicted octanol–water partition coefficient (Wildman–Crippen LogP) is 6.16. The molecule has 0 saturated carbocycles. The number of carbonyl (C=O) groups excluding carboxylic acids is 2. The lowest BCUT2D eigenvalue weighted by atomic mass is 10.1. The van der Waals surface area contributed by atoms with Gasteiger partial charge in [0.2, 0.25) is 0 Å². The van der Waals surface area contributed by atoms with Gasteiger partial charge in [0.05, 0.1) is 17.3 Å². The fraction of sp³-hybridized carbons (Fsp3) is 0.0690. The minimum absolute atomic E-state index is 0.0834. The summed E-state index contributed by atoms with van der Waals surface area (Å²) in [7, 11) is 1.51. The van der Waals surface area contributed by atoms with E-state index in [1.807, 2.05) is 30.3 Å². The molecule has 0 bridgehead atoms. The highest BCUT2D eigenvalue weighted by Crippen LogP contribution is 2.38. The van der Waals surface area contributed by atoms with E-state index >= 15 is 0 Å². The molecular weight excluding hydrogens is 571 g/mol. The Hall–Kier alpha value is -4.08.